The van der Waals surface area contributed by atoms with Crippen molar-refractivity contribution >= 4 is 16.3 Å². The van der Waals surface area contributed by atoms with Gasteiger partial charge in [-0.05, 0) is 25.6 Å². The number of ether oxygens (including phenoxy) is 1. The van der Waals surface area contributed by atoms with Gasteiger partial charge in [0.25, 0.3) is 0 Å². The molecule has 3 rings (SSSR count). The van der Waals surface area contributed by atoms with Gasteiger partial charge in [0.1, 0.15) is 11.6 Å². The molecule has 2 aromatic heterocycles. The fourth-order valence-electron chi connectivity index (χ4n) is 2.18. The highest BCUT2D eigenvalue weighted by molar-refractivity contribution is 7.15. The molecule has 0 amide bonds. The van der Waals surface area contributed by atoms with Crippen molar-refractivity contribution in [2.75, 3.05) is 13.2 Å². The number of nitrogens with two attached hydrogens (primary N) is 1. The van der Waals surface area contributed by atoms with E-state index < -0.39 is 0 Å². The minimum absolute atomic E-state index is 0.565. The summed E-state index contributed by atoms with van der Waals surface area (Å²) in [6, 6.07) is 8.06. The van der Waals surface area contributed by atoms with Crippen LogP contribution in [0.3, 0.4) is 0 Å². The lowest BCUT2D eigenvalue weighted by Crippen LogP contribution is -2.06. The van der Waals surface area contributed by atoms with Gasteiger partial charge in [-0.15, -0.1) is 21.5 Å². The molecule has 5 nitrogen and oxygen atoms in total. The van der Waals surface area contributed by atoms with Crippen LogP contribution in [-0.4, -0.2) is 27.7 Å². The summed E-state index contributed by atoms with van der Waals surface area (Å²) in [6.45, 7) is 3.21. The van der Waals surface area contributed by atoms with Gasteiger partial charge in [0.2, 0.25) is 4.96 Å². The van der Waals surface area contributed by atoms with Crippen molar-refractivity contribution in [1.82, 2.24) is 14.6 Å². The number of hydrogen-bond donors (Lipinski definition) is 1. The molecular formula is C14H16N4OS. The lowest BCUT2D eigenvalue weighted by Gasteiger charge is -2.06. The molecule has 20 heavy (non-hydrogen) atoms. The monoisotopic (exact) mass is 288 g/mol. The van der Waals surface area contributed by atoms with Gasteiger partial charge in [-0.1, -0.05) is 12.1 Å². The van der Waals surface area contributed by atoms with E-state index in [1.54, 1.807) is 11.3 Å². The Labute approximate surface area is 121 Å². The molecule has 2 heterocycles. The third-order valence-corrected chi connectivity index (χ3v) is 3.84. The van der Waals surface area contributed by atoms with E-state index in [4.69, 9.17) is 10.5 Å². The molecule has 0 saturated heterocycles. The topological polar surface area (TPSA) is 65.4 Å². The molecule has 6 heteroatoms. The summed E-state index contributed by atoms with van der Waals surface area (Å²) in [6.07, 6.45) is 0.718. The fourth-order valence-corrected chi connectivity index (χ4v) is 3.04. The summed E-state index contributed by atoms with van der Waals surface area (Å²) < 4.78 is 7.63. The van der Waals surface area contributed by atoms with Crippen LogP contribution in [0.15, 0.2) is 29.6 Å². The first kappa shape index (κ1) is 13.1. The zero-order chi connectivity index (χ0) is 13.9. The average molecular weight is 288 g/mol. The summed E-state index contributed by atoms with van der Waals surface area (Å²) in [5.41, 5.74) is 7.82. The van der Waals surface area contributed by atoms with Crippen LogP contribution >= 0.6 is 11.3 Å². The third kappa shape index (κ3) is 2.28. The second-order valence-electron chi connectivity index (χ2n) is 4.35. The predicted molar refractivity (Wildman–Crippen MR) is 80.2 cm³/mol. The summed E-state index contributed by atoms with van der Waals surface area (Å²) in [7, 11) is 0. The first-order chi connectivity index (χ1) is 9.83. The SMILES string of the molecule is CCOc1cccc(-c2csc3nnc(CCN)n23)c1. The van der Waals surface area contributed by atoms with Gasteiger partial charge in [-0.3, -0.25) is 4.40 Å². The third-order valence-electron chi connectivity index (χ3n) is 3.03. The Balaban J connectivity index is 2.09. The van der Waals surface area contributed by atoms with Crippen LogP contribution in [0.2, 0.25) is 0 Å². The van der Waals surface area contributed by atoms with Crippen molar-refractivity contribution in [3.8, 4) is 17.0 Å². The van der Waals surface area contributed by atoms with Gasteiger partial charge < -0.3 is 10.5 Å². The van der Waals surface area contributed by atoms with Crippen LogP contribution in [0.25, 0.3) is 16.2 Å². The predicted octanol–water partition coefficient (Wildman–Crippen LogP) is 2.36. The average Bonchev–Trinajstić information content (AvgIpc) is 3.03. The van der Waals surface area contributed by atoms with E-state index in [1.165, 1.54) is 0 Å². The highest BCUT2D eigenvalue weighted by Crippen LogP contribution is 2.29. The molecule has 0 aliphatic carbocycles. The zero-order valence-electron chi connectivity index (χ0n) is 11.2. The first-order valence-corrected chi connectivity index (χ1v) is 7.46. The Morgan fingerprint density at radius 2 is 2.25 bits per heavy atom. The lowest BCUT2D eigenvalue weighted by molar-refractivity contribution is 0.340. The molecule has 3 aromatic rings. The maximum Gasteiger partial charge on any atom is 0.216 e. The lowest BCUT2D eigenvalue weighted by atomic mass is 10.1. The molecule has 0 spiro atoms. The highest BCUT2D eigenvalue weighted by atomic mass is 32.1. The zero-order valence-corrected chi connectivity index (χ0v) is 12.1. The van der Waals surface area contributed by atoms with E-state index >= 15 is 0 Å². The highest BCUT2D eigenvalue weighted by Gasteiger charge is 2.13. The molecule has 0 saturated carbocycles. The molecular weight excluding hydrogens is 272 g/mol. The largest absolute Gasteiger partial charge is 0.494 e. The van der Waals surface area contributed by atoms with Gasteiger partial charge >= 0.3 is 0 Å². The van der Waals surface area contributed by atoms with Crippen molar-refractivity contribution in [3.63, 3.8) is 0 Å². The van der Waals surface area contributed by atoms with E-state index in [0.717, 1.165) is 34.2 Å². The second kappa shape index (κ2) is 5.60. The van der Waals surface area contributed by atoms with Crippen LogP contribution < -0.4 is 10.5 Å². The molecule has 0 aliphatic heterocycles. The van der Waals surface area contributed by atoms with Gasteiger partial charge in [-0.2, -0.15) is 0 Å². The summed E-state index contributed by atoms with van der Waals surface area (Å²) in [4.78, 5) is 0.894. The number of aromatic nitrogens is 3. The Bertz CT molecular complexity index is 719. The minimum Gasteiger partial charge on any atom is -0.494 e. The van der Waals surface area contributed by atoms with E-state index in [0.29, 0.717) is 13.2 Å². The van der Waals surface area contributed by atoms with Crippen molar-refractivity contribution in [3.05, 3.63) is 35.5 Å². The molecule has 0 bridgehead atoms. The summed E-state index contributed by atoms with van der Waals surface area (Å²) in [5, 5.41) is 10.5. The van der Waals surface area contributed by atoms with Crippen molar-refractivity contribution in [2.24, 2.45) is 5.73 Å². The minimum atomic E-state index is 0.565. The van der Waals surface area contributed by atoms with Crippen molar-refractivity contribution in [2.45, 2.75) is 13.3 Å². The summed E-state index contributed by atoms with van der Waals surface area (Å²) in [5.74, 6) is 1.78. The molecule has 0 radical (unpaired) electrons. The van der Waals surface area contributed by atoms with E-state index in [1.807, 2.05) is 25.1 Å². The van der Waals surface area contributed by atoms with Crippen LogP contribution in [0, 0.1) is 0 Å². The number of rotatable bonds is 5. The van der Waals surface area contributed by atoms with E-state index in [2.05, 4.69) is 26.0 Å². The maximum atomic E-state index is 5.63. The van der Waals surface area contributed by atoms with Crippen LogP contribution in [0.5, 0.6) is 5.75 Å². The number of hydrogen-bond acceptors (Lipinski definition) is 5. The van der Waals surface area contributed by atoms with E-state index in [-0.39, 0.29) is 0 Å². The normalized spacial score (nSPS) is 11.1. The van der Waals surface area contributed by atoms with Gasteiger partial charge in [-0.25, -0.2) is 0 Å². The quantitative estimate of drug-likeness (QED) is 0.782. The molecule has 1 aromatic carbocycles. The molecule has 0 fully saturated rings. The van der Waals surface area contributed by atoms with E-state index in [9.17, 15) is 0 Å². The smallest absolute Gasteiger partial charge is 0.216 e. The van der Waals surface area contributed by atoms with Crippen LogP contribution in [-0.2, 0) is 6.42 Å². The van der Waals surface area contributed by atoms with Gasteiger partial charge in [0.15, 0.2) is 0 Å². The number of benzene rings is 1. The molecule has 2 N–H and O–H groups in total. The number of thiazole rings is 1. The standard InChI is InChI=1S/C14H16N4OS/c1-2-19-11-5-3-4-10(8-11)12-9-20-14-17-16-13(6-7-15)18(12)14/h3-5,8-9H,2,6-7,15H2,1H3. The van der Waals surface area contributed by atoms with Crippen molar-refractivity contribution < 1.29 is 4.74 Å². The second-order valence-corrected chi connectivity index (χ2v) is 5.19. The Hall–Kier alpha value is -1.92. The molecule has 104 valence electrons. The molecule has 0 unspecified atom stereocenters. The van der Waals surface area contributed by atoms with Gasteiger partial charge in [0, 0.05) is 17.4 Å². The number of nitrogens with zero attached hydrogens (tertiary/aromatic N) is 3. The maximum absolute atomic E-state index is 5.63. The fraction of sp³-hybridized carbons (Fsp3) is 0.286. The Morgan fingerprint density at radius 3 is 3.05 bits per heavy atom. The van der Waals surface area contributed by atoms with Crippen LogP contribution in [0.4, 0.5) is 0 Å². The van der Waals surface area contributed by atoms with Crippen molar-refractivity contribution in [1.29, 1.82) is 0 Å². The first-order valence-electron chi connectivity index (χ1n) is 6.58. The number of fused-ring (bicyclic) bond motifs is 1. The Kier molecular flexibility index (Phi) is 3.66. The molecule has 0 atom stereocenters. The Morgan fingerprint density at radius 1 is 1.35 bits per heavy atom. The van der Waals surface area contributed by atoms with Gasteiger partial charge in [0.05, 0.1) is 12.3 Å². The molecule has 0 aliphatic rings. The van der Waals surface area contributed by atoms with Crippen LogP contribution in [0.1, 0.15) is 12.7 Å². The summed E-state index contributed by atoms with van der Waals surface area (Å²) >= 11 is 1.58.